The molecule has 0 aliphatic rings. The van der Waals surface area contributed by atoms with E-state index in [1.807, 2.05) is 42.5 Å². The molecule has 0 radical (unpaired) electrons. The summed E-state index contributed by atoms with van der Waals surface area (Å²) in [6.45, 7) is 0. The molecule has 6 heteroatoms. The number of nitrogens with two attached hydrogens (primary N) is 1. The number of benzene rings is 3. The summed E-state index contributed by atoms with van der Waals surface area (Å²) in [6.07, 6.45) is 1.57. The molecule has 0 bridgehead atoms. The summed E-state index contributed by atoms with van der Waals surface area (Å²) in [5.41, 5.74) is 9.20. The molecule has 0 spiro atoms. The van der Waals surface area contributed by atoms with Gasteiger partial charge in [-0.1, -0.05) is 42.5 Å². The first-order chi connectivity index (χ1) is 13.5. The second-order valence-electron chi connectivity index (χ2n) is 5.93. The molecule has 142 valence electrons. The van der Waals surface area contributed by atoms with Gasteiger partial charge >= 0.3 is 0 Å². The van der Waals surface area contributed by atoms with Crippen molar-refractivity contribution in [2.45, 2.75) is 0 Å². The van der Waals surface area contributed by atoms with Crippen LogP contribution in [0.25, 0.3) is 28.2 Å². The van der Waals surface area contributed by atoms with Crippen molar-refractivity contribution in [1.29, 1.82) is 0 Å². The minimum Gasteiger partial charge on any atom is -0.398 e. The fourth-order valence-corrected chi connectivity index (χ4v) is 3.16. The monoisotopic (exact) mass is 504 g/mol. The van der Waals surface area contributed by atoms with E-state index in [0.29, 0.717) is 20.0 Å². The van der Waals surface area contributed by atoms with Crippen molar-refractivity contribution in [3.8, 4) is 11.3 Å². The standard InChI is InChI=1S/C14H10FN.C8H6Br2FN/c15-12-7-4-8-13-11(12)9-14(16-13)10-5-2-1-3-6-10;9-8(10)4-5-6(11)2-1-3-7(5)12/h1-9,16H;1-4H,12H2. The van der Waals surface area contributed by atoms with Crippen molar-refractivity contribution in [1.82, 2.24) is 4.98 Å². The molecule has 2 nitrogen and oxygen atoms in total. The van der Waals surface area contributed by atoms with Gasteiger partial charge in [-0.2, -0.15) is 0 Å². The van der Waals surface area contributed by atoms with Crippen LogP contribution in [0.5, 0.6) is 0 Å². The van der Waals surface area contributed by atoms with E-state index in [2.05, 4.69) is 36.8 Å². The Bertz CT molecular complexity index is 1100. The molecular formula is C22H16Br2F2N2. The third-order valence-corrected chi connectivity index (χ3v) is 4.49. The number of H-pyrrole nitrogens is 1. The van der Waals surface area contributed by atoms with E-state index in [4.69, 9.17) is 5.73 Å². The maximum atomic E-state index is 13.5. The molecule has 0 saturated carbocycles. The van der Waals surface area contributed by atoms with Crippen LogP contribution in [0.2, 0.25) is 0 Å². The lowest BCUT2D eigenvalue weighted by Gasteiger charge is -2.00. The Balaban J connectivity index is 0.000000169. The molecule has 0 unspecified atom stereocenters. The van der Waals surface area contributed by atoms with Crippen LogP contribution in [-0.4, -0.2) is 4.98 Å². The second kappa shape index (κ2) is 9.17. The fourth-order valence-electron chi connectivity index (χ4n) is 2.71. The quantitative estimate of drug-likeness (QED) is 0.272. The average Bonchev–Trinajstić information content (AvgIpc) is 3.12. The molecule has 4 aromatic rings. The van der Waals surface area contributed by atoms with Gasteiger partial charge in [0.2, 0.25) is 0 Å². The number of hydrogen-bond donors (Lipinski definition) is 2. The third-order valence-electron chi connectivity index (χ3n) is 4.04. The zero-order valence-corrected chi connectivity index (χ0v) is 17.8. The smallest absolute Gasteiger partial charge is 0.132 e. The number of rotatable bonds is 2. The Morgan fingerprint density at radius 3 is 2.18 bits per heavy atom. The number of hydrogen-bond acceptors (Lipinski definition) is 1. The Labute approximate surface area is 178 Å². The second-order valence-corrected chi connectivity index (χ2v) is 8.70. The predicted octanol–water partition coefficient (Wildman–Crippen LogP) is 7.47. The molecule has 0 saturated heterocycles. The largest absolute Gasteiger partial charge is 0.398 e. The van der Waals surface area contributed by atoms with E-state index in [1.54, 1.807) is 24.3 Å². The first kappa shape index (κ1) is 20.3. The van der Waals surface area contributed by atoms with Gasteiger partial charge < -0.3 is 10.7 Å². The first-order valence-corrected chi connectivity index (χ1v) is 9.93. The summed E-state index contributed by atoms with van der Waals surface area (Å²) in [7, 11) is 0. The lowest BCUT2D eigenvalue weighted by Crippen LogP contribution is -1.91. The maximum absolute atomic E-state index is 13.5. The molecule has 3 aromatic carbocycles. The molecule has 0 aliphatic heterocycles. The van der Waals surface area contributed by atoms with Gasteiger partial charge in [0.15, 0.2) is 0 Å². The van der Waals surface area contributed by atoms with Crippen molar-refractivity contribution in [2.75, 3.05) is 5.73 Å². The summed E-state index contributed by atoms with van der Waals surface area (Å²) in [6, 6.07) is 21.4. The number of nitrogens with one attached hydrogen (secondary N) is 1. The lowest BCUT2D eigenvalue weighted by molar-refractivity contribution is 0.626. The molecule has 0 fully saturated rings. The van der Waals surface area contributed by atoms with Gasteiger partial charge in [-0.05, 0) is 73.8 Å². The van der Waals surface area contributed by atoms with Crippen molar-refractivity contribution in [3.05, 3.63) is 93.4 Å². The summed E-state index contributed by atoms with van der Waals surface area (Å²) in [5.74, 6) is -0.512. The average molecular weight is 506 g/mol. The van der Waals surface area contributed by atoms with Crippen molar-refractivity contribution < 1.29 is 8.78 Å². The summed E-state index contributed by atoms with van der Waals surface area (Å²) in [5, 5.41) is 0.640. The van der Waals surface area contributed by atoms with Crippen LogP contribution in [0, 0.1) is 11.6 Å². The zero-order valence-electron chi connectivity index (χ0n) is 14.6. The molecule has 0 aliphatic carbocycles. The van der Waals surface area contributed by atoms with Gasteiger partial charge in [0.05, 0.1) is 3.39 Å². The highest BCUT2D eigenvalue weighted by atomic mass is 79.9. The fraction of sp³-hybridized carbons (Fsp3) is 0. The number of aromatic amines is 1. The number of aromatic nitrogens is 1. The minimum atomic E-state index is -0.327. The Hall–Kier alpha value is -2.44. The predicted molar refractivity (Wildman–Crippen MR) is 120 cm³/mol. The third kappa shape index (κ3) is 4.88. The van der Waals surface area contributed by atoms with Crippen LogP contribution < -0.4 is 5.73 Å². The summed E-state index contributed by atoms with van der Waals surface area (Å²) < 4.78 is 27.2. The van der Waals surface area contributed by atoms with Crippen molar-refractivity contribution >= 4 is 54.5 Å². The maximum Gasteiger partial charge on any atom is 0.132 e. The summed E-state index contributed by atoms with van der Waals surface area (Å²) >= 11 is 6.27. The number of anilines is 1. The molecule has 4 rings (SSSR count). The Morgan fingerprint density at radius 2 is 1.54 bits per heavy atom. The van der Waals surface area contributed by atoms with Gasteiger partial charge in [0.1, 0.15) is 11.6 Å². The molecular weight excluding hydrogens is 490 g/mol. The van der Waals surface area contributed by atoms with E-state index in [1.165, 1.54) is 12.1 Å². The van der Waals surface area contributed by atoms with Crippen LogP contribution in [0.4, 0.5) is 14.5 Å². The van der Waals surface area contributed by atoms with Gasteiger partial charge in [-0.15, -0.1) is 0 Å². The lowest BCUT2D eigenvalue weighted by atomic mass is 10.1. The molecule has 1 heterocycles. The highest BCUT2D eigenvalue weighted by Crippen LogP contribution is 2.25. The van der Waals surface area contributed by atoms with Crippen LogP contribution in [0.1, 0.15) is 5.56 Å². The highest BCUT2D eigenvalue weighted by molar-refractivity contribution is 9.28. The first-order valence-electron chi connectivity index (χ1n) is 8.35. The molecule has 1 aromatic heterocycles. The highest BCUT2D eigenvalue weighted by Gasteiger charge is 2.06. The van der Waals surface area contributed by atoms with E-state index < -0.39 is 0 Å². The molecule has 28 heavy (non-hydrogen) atoms. The number of nitrogen functional groups attached to an aromatic ring is 1. The minimum absolute atomic E-state index is 0.184. The van der Waals surface area contributed by atoms with E-state index in [9.17, 15) is 8.78 Å². The van der Waals surface area contributed by atoms with E-state index in [-0.39, 0.29) is 11.6 Å². The zero-order chi connectivity index (χ0) is 20.1. The van der Waals surface area contributed by atoms with Crippen LogP contribution >= 0.6 is 31.9 Å². The number of fused-ring (bicyclic) bond motifs is 1. The van der Waals surface area contributed by atoms with E-state index >= 15 is 0 Å². The van der Waals surface area contributed by atoms with Gasteiger partial charge in [0.25, 0.3) is 0 Å². The van der Waals surface area contributed by atoms with Crippen molar-refractivity contribution in [2.24, 2.45) is 0 Å². The van der Waals surface area contributed by atoms with Gasteiger partial charge in [-0.3, -0.25) is 0 Å². The van der Waals surface area contributed by atoms with Crippen molar-refractivity contribution in [3.63, 3.8) is 0 Å². The van der Waals surface area contributed by atoms with Gasteiger partial charge in [-0.25, -0.2) is 8.78 Å². The van der Waals surface area contributed by atoms with Gasteiger partial charge in [0, 0.05) is 27.8 Å². The Kier molecular flexibility index (Phi) is 6.65. The number of halogens is 4. The molecule has 0 amide bonds. The van der Waals surface area contributed by atoms with E-state index in [0.717, 1.165) is 16.8 Å². The molecule has 3 N–H and O–H groups in total. The van der Waals surface area contributed by atoms with Crippen LogP contribution in [-0.2, 0) is 0 Å². The SMILES string of the molecule is Fc1cccc2[nH]c(-c3ccccc3)cc12.Nc1cccc(F)c1C=C(Br)Br. The normalized spacial score (nSPS) is 10.3. The van der Waals surface area contributed by atoms with Crippen LogP contribution in [0.15, 0.2) is 76.2 Å². The topological polar surface area (TPSA) is 41.8 Å². The Morgan fingerprint density at radius 1 is 0.857 bits per heavy atom. The summed E-state index contributed by atoms with van der Waals surface area (Å²) in [4.78, 5) is 3.21. The molecule has 0 atom stereocenters. The van der Waals surface area contributed by atoms with Crippen LogP contribution in [0.3, 0.4) is 0 Å².